The van der Waals surface area contributed by atoms with Gasteiger partial charge in [0, 0.05) is 25.7 Å². The van der Waals surface area contributed by atoms with Crippen molar-refractivity contribution < 1.29 is 4.79 Å². The topological polar surface area (TPSA) is 23.6 Å². The fourth-order valence-corrected chi connectivity index (χ4v) is 3.28. The molecule has 1 fully saturated rings. The summed E-state index contributed by atoms with van der Waals surface area (Å²) in [6, 6.07) is 20.2. The molecule has 0 spiro atoms. The molecular weight excluding hydrogens is 332 g/mol. The second kappa shape index (κ2) is 10.5. The zero-order valence-electron chi connectivity index (χ0n) is 15.8. The molecule has 0 radical (unpaired) electrons. The summed E-state index contributed by atoms with van der Waals surface area (Å²) in [5.74, 6) is 0.0655. The molecule has 0 saturated carbocycles. The monoisotopic (exact) mass is 360 g/mol. The van der Waals surface area contributed by atoms with E-state index in [0.717, 1.165) is 37.3 Å². The molecule has 2 aromatic rings. The van der Waals surface area contributed by atoms with Crippen LogP contribution in [0.5, 0.6) is 0 Å². The lowest BCUT2D eigenvalue weighted by Gasteiger charge is -2.23. The van der Waals surface area contributed by atoms with Crippen molar-refractivity contribution in [1.82, 2.24) is 9.80 Å². The van der Waals surface area contributed by atoms with Crippen molar-refractivity contribution in [2.75, 3.05) is 32.7 Å². The van der Waals surface area contributed by atoms with Crippen LogP contribution in [0, 0.1) is 0 Å². The van der Waals surface area contributed by atoms with E-state index in [9.17, 15) is 4.79 Å². The van der Waals surface area contributed by atoms with Crippen molar-refractivity contribution in [2.45, 2.75) is 12.8 Å². The predicted molar refractivity (Wildman–Crippen MR) is 113 cm³/mol. The van der Waals surface area contributed by atoms with Crippen LogP contribution in [0.2, 0.25) is 0 Å². The maximum absolute atomic E-state index is 12.8. The smallest absolute Gasteiger partial charge is 0.246 e. The number of benzene rings is 2. The van der Waals surface area contributed by atoms with Crippen molar-refractivity contribution in [1.29, 1.82) is 0 Å². The zero-order valence-corrected chi connectivity index (χ0v) is 15.8. The lowest BCUT2D eigenvalue weighted by atomic mass is 10.2. The molecule has 3 rings (SSSR count). The van der Waals surface area contributed by atoms with Crippen molar-refractivity contribution in [3.8, 4) is 0 Å². The van der Waals surface area contributed by atoms with Gasteiger partial charge in [0.15, 0.2) is 0 Å². The van der Waals surface area contributed by atoms with Gasteiger partial charge >= 0.3 is 0 Å². The first kappa shape index (κ1) is 19.1. The molecule has 0 aromatic heterocycles. The lowest BCUT2D eigenvalue weighted by molar-refractivity contribution is -0.125. The Labute approximate surface area is 162 Å². The van der Waals surface area contributed by atoms with Gasteiger partial charge < -0.3 is 9.80 Å². The average molecular weight is 361 g/mol. The van der Waals surface area contributed by atoms with Gasteiger partial charge in [-0.3, -0.25) is 4.79 Å². The minimum atomic E-state index is 0.0655. The number of hydrogen-bond donors (Lipinski definition) is 0. The minimum absolute atomic E-state index is 0.0655. The molecule has 1 aliphatic heterocycles. The van der Waals surface area contributed by atoms with Crippen LogP contribution in [-0.4, -0.2) is 48.4 Å². The summed E-state index contributed by atoms with van der Waals surface area (Å²) in [6.07, 6.45) is 10.3. The first-order chi connectivity index (χ1) is 13.3. The normalized spacial score (nSPS) is 15.0. The Morgan fingerprint density at radius 1 is 0.889 bits per heavy atom. The highest BCUT2D eigenvalue weighted by Crippen LogP contribution is 2.08. The Morgan fingerprint density at radius 3 is 2.11 bits per heavy atom. The number of amides is 1. The molecule has 0 aliphatic carbocycles. The van der Waals surface area contributed by atoms with Gasteiger partial charge in [-0.15, -0.1) is 0 Å². The summed E-state index contributed by atoms with van der Waals surface area (Å²) in [6.45, 7) is 4.64. The Morgan fingerprint density at radius 2 is 1.48 bits per heavy atom. The van der Waals surface area contributed by atoms with Crippen LogP contribution < -0.4 is 0 Å². The van der Waals surface area contributed by atoms with E-state index < -0.39 is 0 Å². The van der Waals surface area contributed by atoms with Crippen LogP contribution >= 0.6 is 0 Å². The molecule has 0 atom stereocenters. The van der Waals surface area contributed by atoms with E-state index in [-0.39, 0.29) is 5.91 Å². The summed E-state index contributed by atoms with van der Waals surface area (Å²) < 4.78 is 0. The number of hydrogen-bond acceptors (Lipinski definition) is 2. The number of rotatable bonds is 8. The summed E-state index contributed by atoms with van der Waals surface area (Å²) in [4.78, 5) is 17.1. The van der Waals surface area contributed by atoms with E-state index in [0.29, 0.717) is 6.54 Å². The van der Waals surface area contributed by atoms with Crippen molar-refractivity contribution >= 4 is 18.1 Å². The largest absolute Gasteiger partial charge is 0.334 e. The van der Waals surface area contributed by atoms with E-state index in [2.05, 4.69) is 29.2 Å². The van der Waals surface area contributed by atoms with Gasteiger partial charge in [-0.25, -0.2) is 0 Å². The zero-order chi connectivity index (χ0) is 18.7. The van der Waals surface area contributed by atoms with E-state index in [4.69, 9.17) is 0 Å². The van der Waals surface area contributed by atoms with Crippen molar-refractivity contribution in [2.24, 2.45) is 0 Å². The molecule has 1 amide bonds. The minimum Gasteiger partial charge on any atom is -0.334 e. The third-order valence-corrected chi connectivity index (χ3v) is 4.85. The van der Waals surface area contributed by atoms with Crippen LogP contribution in [0.3, 0.4) is 0 Å². The quantitative estimate of drug-likeness (QED) is 0.654. The fourth-order valence-electron chi connectivity index (χ4n) is 3.28. The summed E-state index contributed by atoms with van der Waals surface area (Å²) in [5.41, 5.74) is 2.20. The van der Waals surface area contributed by atoms with E-state index in [1.165, 1.54) is 12.8 Å². The molecule has 1 saturated heterocycles. The molecule has 140 valence electrons. The van der Waals surface area contributed by atoms with Gasteiger partial charge in [-0.05, 0) is 43.1 Å². The molecule has 3 nitrogen and oxygen atoms in total. The molecule has 0 unspecified atom stereocenters. The van der Waals surface area contributed by atoms with Crippen LogP contribution in [0.15, 0.2) is 72.8 Å². The third kappa shape index (κ3) is 6.54. The predicted octanol–water partition coefficient (Wildman–Crippen LogP) is 4.34. The first-order valence-electron chi connectivity index (χ1n) is 9.77. The SMILES string of the molecule is O=C(/C=C/c1ccccc1)N(C/C=C/c1ccccc1)CCN1CCCC1. The Balaban J connectivity index is 1.61. The molecule has 2 aromatic carbocycles. The van der Waals surface area contributed by atoms with Gasteiger partial charge in [0.1, 0.15) is 0 Å². The molecule has 3 heteroatoms. The summed E-state index contributed by atoms with van der Waals surface area (Å²) in [7, 11) is 0. The van der Waals surface area contributed by atoms with Crippen LogP contribution in [-0.2, 0) is 4.79 Å². The average Bonchev–Trinajstić information content (AvgIpc) is 3.24. The van der Waals surface area contributed by atoms with Gasteiger partial charge in [-0.2, -0.15) is 0 Å². The second-order valence-electron chi connectivity index (χ2n) is 6.89. The maximum atomic E-state index is 12.8. The Hall–Kier alpha value is -2.65. The molecule has 0 N–H and O–H groups in total. The molecule has 1 heterocycles. The van der Waals surface area contributed by atoms with Crippen LogP contribution in [0.4, 0.5) is 0 Å². The highest BCUT2D eigenvalue weighted by Gasteiger charge is 2.14. The molecule has 27 heavy (non-hydrogen) atoms. The Bertz CT molecular complexity index is 746. The lowest BCUT2D eigenvalue weighted by Crippen LogP contribution is -2.37. The van der Waals surface area contributed by atoms with Gasteiger partial charge in [0.25, 0.3) is 0 Å². The summed E-state index contributed by atoms with van der Waals surface area (Å²) >= 11 is 0. The molecule has 1 aliphatic rings. The fraction of sp³-hybridized carbons (Fsp3) is 0.292. The third-order valence-electron chi connectivity index (χ3n) is 4.85. The van der Waals surface area contributed by atoms with Crippen LogP contribution in [0.1, 0.15) is 24.0 Å². The molecular formula is C24H28N2O. The number of nitrogens with zero attached hydrogens (tertiary/aromatic N) is 2. The highest BCUT2D eigenvalue weighted by atomic mass is 16.2. The standard InChI is InChI=1S/C24H28N2O/c27-24(16-15-23-12-5-2-6-13-23)26(21-20-25-17-7-8-18-25)19-9-14-22-10-3-1-4-11-22/h1-6,9-16H,7-8,17-21H2/b14-9+,16-15+. The van der Waals surface area contributed by atoms with Gasteiger partial charge in [0.05, 0.1) is 0 Å². The van der Waals surface area contributed by atoms with Gasteiger partial charge in [-0.1, -0.05) is 72.8 Å². The van der Waals surface area contributed by atoms with Crippen molar-refractivity contribution in [3.05, 3.63) is 83.9 Å². The second-order valence-corrected chi connectivity index (χ2v) is 6.89. The van der Waals surface area contributed by atoms with E-state index in [1.54, 1.807) is 6.08 Å². The van der Waals surface area contributed by atoms with E-state index in [1.807, 2.05) is 59.5 Å². The number of carbonyl (C=O) groups is 1. The number of likely N-dealkylation sites (tertiary alicyclic amines) is 1. The van der Waals surface area contributed by atoms with E-state index >= 15 is 0 Å². The van der Waals surface area contributed by atoms with Crippen molar-refractivity contribution in [3.63, 3.8) is 0 Å². The number of carbonyl (C=O) groups excluding carboxylic acids is 1. The van der Waals surface area contributed by atoms with Gasteiger partial charge in [0.2, 0.25) is 5.91 Å². The maximum Gasteiger partial charge on any atom is 0.246 e. The molecule has 0 bridgehead atoms. The first-order valence-corrected chi connectivity index (χ1v) is 9.77. The highest BCUT2D eigenvalue weighted by molar-refractivity contribution is 5.91. The summed E-state index contributed by atoms with van der Waals surface area (Å²) in [5, 5.41) is 0. The van der Waals surface area contributed by atoms with Crippen LogP contribution in [0.25, 0.3) is 12.2 Å². The Kier molecular flexibility index (Phi) is 7.43.